The van der Waals surface area contributed by atoms with Gasteiger partial charge in [0.15, 0.2) is 0 Å². The smallest absolute Gasteiger partial charge is 0.272 e. The molecule has 0 aliphatic heterocycles. The van der Waals surface area contributed by atoms with E-state index in [9.17, 15) is 8.78 Å². The average Bonchev–Trinajstić information content (AvgIpc) is 2.87. The average molecular weight is 192 g/mol. The molecule has 0 bridgehead atoms. The first-order chi connectivity index (χ1) is 6.07. The summed E-state index contributed by atoms with van der Waals surface area (Å²) in [4.78, 5) is 1.80. The van der Waals surface area contributed by atoms with Crippen LogP contribution in [0, 0.1) is 5.92 Å². The lowest BCUT2D eigenvalue weighted by Gasteiger charge is -2.25. The lowest BCUT2D eigenvalue weighted by molar-refractivity contribution is -0.0232. The zero-order valence-corrected chi connectivity index (χ0v) is 8.10. The van der Waals surface area contributed by atoms with Crippen molar-refractivity contribution in [1.82, 2.24) is 4.90 Å². The van der Waals surface area contributed by atoms with E-state index in [2.05, 4.69) is 0 Å². The minimum atomic E-state index is -2.72. The summed E-state index contributed by atoms with van der Waals surface area (Å²) < 4.78 is 25.8. The van der Waals surface area contributed by atoms with Gasteiger partial charge in [-0.15, -0.1) is 0 Å². The fraction of sp³-hybridized carbons (Fsp3) is 1.00. The van der Waals surface area contributed by atoms with Gasteiger partial charge in [-0.3, -0.25) is 4.90 Å². The first-order valence-corrected chi connectivity index (χ1v) is 4.87. The summed E-state index contributed by atoms with van der Waals surface area (Å²) in [5.74, 6) is -2.06. The molecule has 1 saturated carbocycles. The fourth-order valence-electron chi connectivity index (χ4n) is 1.36. The molecule has 0 radical (unpaired) electrons. The van der Waals surface area contributed by atoms with Crippen LogP contribution in [-0.4, -0.2) is 37.0 Å². The molecule has 1 aliphatic rings. The molecule has 0 unspecified atom stereocenters. The molecule has 0 aromatic carbocycles. The molecule has 0 saturated heterocycles. The second-order valence-electron chi connectivity index (χ2n) is 3.83. The molecule has 0 aromatic heterocycles. The predicted molar refractivity (Wildman–Crippen MR) is 48.8 cm³/mol. The highest BCUT2D eigenvalue weighted by Gasteiger charge is 2.32. The molecule has 1 fully saturated rings. The van der Waals surface area contributed by atoms with Crippen LogP contribution in [0.2, 0.25) is 0 Å². The van der Waals surface area contributed by atoms with Gasteiger partial charge in [-0.2, -0.15) is 0 Å². The first-order valence-electron chi connectivity index (χ1n) is 4.87. The Morgan fingerprint density at radius 1 is 1.46 bits per heavy atom. The van der Waals surface area contributed by atoms with Gasteiger partial charge < -0.3 is 5.73 Å². The van der Waals surface area contributed by atoms with Crippen LogP contribution in [-0.2, 0) is 0 Å². The largest absolute Gasteiger partial charge is 0.325 e. The van der Waals surface area contributed by atoms with Crippen molar-refractivity contribution in [3.63, 3.8) is 0 Å². The summed E-state index contributed by atoms with van der Waals surface area (Å²) in [5, 5.41) is 0. The standard InChI is InChI=1S/C9H18F2N2/c1-2-13(5-8-3-4-8)7-9(10,11)6-12/h8H,2-7,12H2,1H3. The van der Waals surface area contributed by atoms with E-state index in [-0.39, 0.29) is 6.54 Å². The SMILES string of the molecule is CCN(CC1CC1)CC(F)(F)CN. The Hall–Kier alpha value is -0.220. The van der Waals surface area contributed by atoms with Gasteiger partial charge >= 0.3 is 0 Å². The second-order valence-corrected chi connectivity index (χ2v) is 3.83. The minimum Gasteiger partial charge on any atom is -0.325 e. The summed E-state index contributed by atoms with van der Waals surface area (Å²) in [6, 6.07) is 0. The Morgan fingerprint density at radius 2 is 2.08 bits per heavy atom. The second kappa shape index (κ2) is 4.33. The Morgan fingerprint density at radius 3 is 2.46 bits per heavy atom. The normalized spacial score (nSPS) is 18.2. The number of rotatable bonds is 6. The maximum atomic E-state index is 12.9. The van der Waals surface area contributed by atoms with Gasteiger partial charge in [0.1, 0.15) is 0 Å². The molecule has 0 heterocycles. The van der Waals surface area contributed by atoms with Crippen molar-refractivity contribution in [3.05, 3.63) is 0 Å². The van der Waals surface area contributed by atoms with E-state index >= 15 is 0 Å². The molecule has 2 nitrogen and oxygen atoms in total. The Kier molecular flexibility index (Phi) is 3.62. The van der Waals surface area contributed by atoms with Crippen molar-refractivity contribution in [1.29, 1.82) is 0 Å². The van der Waals surface area contributed by atoms with Crippen molar-refractivity contribution >= 4 is 0 Å². The van der Waals surface area contributed by atoms with E-state index in [0.717, 1.165) is 6.54 Å². The number of nitrogens with two attached hydrogens (primary N) is 1. The van der Waals surface area contributed by atoms with Crippen molar-refractivity contribution in [2.24, 2.45) is 11.7 Å². The zero-order valence-electron chi connectivity index (χ0n) is 8.10. The Labute approximate surface area is 78.1 Å². The molecule has 0 atom stereocenters. The van der Waals surface area contributed by atoms with Crippen LogP contribution in [0.5, 0.6) is 0 Å². The highest BCUT2D eigenvalue weighted by molar-refractivity contribution is 4.80. The van der Waals surface area contributed by atoms with Crippen LogP contribution >= 0.6 is 0 Å². The number of nitrogens with zero attached hydrogens (tertiary/aromatic N) is 1. The zero-order chi connectivity index (χ0) is 9.90. The van der Waals surface area contributed by atoms with Gasteiger partial charge in [0.2, 0.25) is 0 Å². The molecular weight excluding hydrogens is 174 g/mol. The molecule has 1 aliphatic carbocycles. The van der Waals surface area contributed by atoms with Crippen molar-refractivity contribution in [3.8, 4) is 0 Å². The van der Waals surface area contributed by atoms with Gasteiger partial charge in [-0.05, 0) is 25.3 Å². The van der Waals surface area contributed by atoms with E-state index in [1.54, 1.807) is 4.90 Å². The summed E-state index contributed by atoms with van der Waals surface area (Å²) in [5.41, 5.74) is 4.98. The third-order valence-corrected chi connectivity index (χ3v) is 2.41. The molecule has 2 N–H and O–H groups in total. The van der Waals surface area contributed by atoms with Gasteiger partial charge in [0.25, 0.3) is 5.92 Å². The highest BCUT2D eigenvalue weighted by Crippen LogP contribution is 2.30. The molecule has 1 rings (SSSR count). The topological polar surface area (TPSA) is 29.3 Å². The summed E-state index contributed by atoms with van der Waals surface area (Å²) in [7, 11) is 0. The van der Waals surface area contributed by atoms with Crippen LogP contribution in [0.4, 0.5) is 8.78 Å². The van der Waals surface area contributed by atoms with Gasteiger partial charge in [-0.1, -0.05) is 6.92 Å². The van der Waals surface area contributed by atoms with E-state index in [0.29, 0.717) is 12.5 Å². The van der Waals surface area contributed by atoms with Crippen LogP contribution in [0.15, 0.2) is 0 Å². The molecule has 13 heavy (non-hydrogen) atoms. The highest BCUT2D eigenvalue weighted by atomic mass is 19.3. The van der Waals surface area contributed by atoms with Gasteiger partial charge in [-0.25, -0.2) is 8.78 Å². The van der Waals surface area contributed by atoms with Crippen molar-refractivity contribution < 1.29 is 8.78 Å². The number of halogens is 2. The first kappa shape index (κ1) is 10.9. The quantitative estimate of drug-likeness (QED) is 0.687. The maximum Gasteiger partial charge on any atom is 0.272 e. The van der Waals surface area contributed by atoms with Crippen LogP contribution in [0.3, 0.4) is 0 Å². The third-order valence-electron chi connectivity index (χ3n) is 2.41. The van der Waals surface area contributed by atoms with Gasteiger partial charge in [0.05, 0.1) is 13.1 Å². The Bertz CT molecular complexity index is 158. The maximum absolute atomic E-state index is 12.9. The van der Waals surface area contributed by atoms with E-state index in [4.69, 9.17) is 5.73 Å². The number of hydrogen-bond acceptors (Lipinski definition) is 2. The molecule has 0 aromatic rings. The van der Waals surface area contributed by atoms with Crippen LogP contribution in [0.1, 0.15) is 19.8 Å². The van der Waals surface area contributed by atoms with Crippen molar-refractivity contribution in [2.75, 3.05) is 26.2 Å². The van der Waals surface area contributed by atoms with Gasteiger partial charge in [0, 0.05) is 6.54 Å². The van der Waals surface area contributed by atoms with Crippen molar-refractivity contribution in [2.45, 2.75) is 25.7 Å². The molecular formula is C9H18F2N2. The van der Waals surface area contributed by atoms with E-state index < -0.39 is 12.5 Å². The Balaban J connectivity index is 2.28. The molecule has 0 amide bonds. The lowest BCUT2D eigenvalue weighted by atomic mass is 10.3. The predicted octanol–water partition coefficient (Wildman–Crippen LogP) is 1.31. The molecule has 0 spiro atoms. The number of alkyl halides is 2. The summed E-state index contributed by atoms with van der Waals surface area (Å²) >= 11 is 0. The molecule has 78 valence electrons. The molecule has 4 heteroatoms. The number of hydrogen-bond donors (Lipinski definition) is 1. The minimum absolute atomic E-state index is 0.184. The van der Waals surface area contributed by atoms with Crippen LogP contribution in [0.25, 0.3) is 0 Å². The summed E-state index contributed by atoms with van der Waals surface area (Å²) in [6.45, 7) is 2.68. The fourth-order valence-corrected chi connectivity index (χ4v) is 1.36. The monoisotopic (exact) mass is 192 g/mol. The lowest BCUT2D eigenvalue weighted by Crippen LogP contribution is -2.42. The van der Waals surface area contributed by atoms with E-state index in [1.165, 1.54) is 12.8 Å². The van der Waals surface area contributed by atoms with E-state index in [1.807, 2.05) is 6.92 Å². The summed E-state index contributed by atoms with van der Waals surface area (Å²) in [6.07, 6.45) is 2.40. The van der Waals surface area contributed by atoms with Crippen LogP contribution < -0.4 is 5.73 Å². The third kappa shape index (κ3) is 4.00.